The van der Waals surface area contributed by atoms with Gasteiger partial charge in [0.2, 0.25) is 0 Å². The zero-order valence-electron chi connectivity index (χ0n) is 19.7. The van der Waals surface area contributed by atoms with E-state index in [4.69, 9.17) is 19.7 Å². The zero-order chi connectivity index (χ0) is 24.8. The predicted octanol–water partition coefficient (Wildman–Crippen LogP) is 5.82. The summed E-state index contributed by atoms with van der Waals surface area (Å²) in [5.41, 5.74) is 2.69. The number of methoxy groups -OCH3 is 2. The van der Waals surface area contributed by atoms with Crippen molar-refractivity contribution in [2.45, 2.75) is 26.2 Å². The molecule has 0 unspecified atom stereocenters. The lowest BCUT2D eigenvalue weighted by Crippen LogP contribution is -2.06. The van der Waals surface area contributed by atoms with Gasteiger partial charge < -0.3 is 19.7 Å². The zero-order valence-corrected chi connectivity index (χ0v) is 19.7. The molecule has 0 radical (unpaired) electrons. The van der Waals surface area contributed by atoms with Crippen LogP contribution in [0.25, 0.3) is 21.5 Å². The summed E-state index contributed by atoms with van der Waals surface area (Å²) in [4.78, 5) is 21.7. The number of aryl methyl sites for hydroxylation is 1. The summed E-state index contributed by atoms with van der Waals surface area (Å²) in [7, 11) is 3.26. The van der Waals surface area contributed by atoms with Crippen LogP contribution in [0.2, 0.25) is 0 Å². The van der Waals surface area contributed by atoms with Gasteiger partial charge in [0.1, 0.15) is 11.5 Å². The lowest BCUT2D eigenvalue weighted by atomic mass is 9.98. The average Bonchev–Trinajstić information content (AvgIpc) is 2.84. The summed E-state index contributed by atoms with van der Waals surface area (Å²) in [6.45, 7) is 3.64. The van der Waals surface area contributed by atoms with Gasteiger partial charge in [-0.3, -0.25) is 9.59 Å². The first-order valence-electron chi connectivity index (χ1n) is 10.8. The molecule has 6 nitrogen and oxygen atoms in total. The normalized spacial score (nSPS) is 11.4. The van der Waals surface area contributed by atoms with Crippen LogP contribution in [-0.4, -0.2) is 36.4 Å². The molecule has 0 aliphatic heterocycles. The monoisotopic (exact) mass is 460 g/mol. The Bertz CT molecular complexity index is 1340. The molecule has 1 atom stereocenters. The number of aliphatic carboxylic acids is 2. The van der Waals surface area contributed by atoms with E-state index >= 15 is 0 Å². The Labute approximate surface area is 198 Å². The Morgan fingerprint density at radius 2 is 1.35 bits per heavy atom. The first-order chi connectivity index (χ1) is 16.2. The Morgan fingerprint density at radius 3 is 1.97 bits per heavy atom. The molecule has 0 fully saturated rings. The Balaban J connectivity index is 0.000000191. The molecule has 0 amide bonds. The molecule has 0 aliphatic rings. The second kappa shape index (κ2) is 10.7. The van der Waals surface area contributed by atoms with Crippen molar-refractivity contribution < 1.29 is 29.3 Å². The molecule has 0 spiro atoms. The second-order valence-electron chi connectivity index (χ2n) is 8.04. The number of hydrogen-bond donors (Lipinski definition) is 2. The summed E-state index contributed by atoms with van der Waals surface area (Å²) in [6.07, 6.45) is 0.0633. The first-order valence-corrected chi connectivity index (χ1v) is 10.8. The van der Waals surface area contributed by atoms with Gasteiger partial charge in [-0.2, -0.15) is 0 Å². The van der Waals surface area contributed by atoms with Crippen LogP contribution in [0, 0.1) is 6.92 Å². The number of fused-ring (bicyclic) bond motifs is 2. The highest BCUT2D eigenvalue weighted by atomic mass is 16.5. The van der Waals surface area contributed by atoms with Crippen molar-refractivity contribution in [3.8, 4) is 11.5 Å². The van der Waals surface area contributed by atoms with Gasteiger partial charge in [0.05, 0.1) is 26.6 Å². The Kier molecular flexibility index (Phi) is 7.74. The van der Waals surface area contributed by atoms with Gasteiger partial charge in [-0.05, 0) is 76.3 Å². The van der Waals surface area contributed by atoms with E-state index < -0.39 is 17.9 Å². The molecule has 4 rings (SSSR count). The van der Waals surface area contributed by atoms with Crippen molar-refractivity contribution >= 4 is 33.5 Å². The van der Waals surface area contributed by atoms with Crippen molar-refractivity contribution in [2.75, 3.05) is 14.2 Å². The van der Waals surface area contributed by atoms with Crippen LogP contribution in [0.5, 0.6) is 11.5 Å². The molecule has 0 saturated carbocycles. The van der Waals surface area contributed by atoms with E-state index in [-0.39, 0.29) is 6.42 Å². The number of carboxylic acids is 2. The summed E-state index contributed by atoms with van der Waals surface area (Å²) < 4.78 is 10.3. The minimum absolute atomic E-state index is 0.0633. The van der Waals surface area contributed by atoms with Crippen molar-refractivity contribution in [3.05, 3.63) is 83.4 Å². The van der Waals surface area contributed by atoms with Gasteiger partial charge in [-0.25, -0.2) is 0 Å². The third-order valence-electron chi connectivity index (χ3n) is 5.89. The van der Waals surface area contributed by atoms with Crippen molar-refractivity contribution in [2.24, 2.45) is 0 Å². The molecule has 0 saturated heterocycles. The molecular weight excluding hydrogens is 432 g/mol. The molecule has 2 N–H and O–H groups in total. The van der Waals surface area contributed by atoms with Crippen molar-refractivity contribution in [1.82, 2.24) is 0 Å². The lowest BCUT2D eigenvalue weighted by Gasteiger charge is -2.09. The largest absolute Gasteiger partial charge is 0.497 e. The van der Waals surface area contributed by atoms with E-state index in [9.17, 15) is 9.59 Å². The topological polar surface area (TPSA) is 93.1 Å². The van der Waals surface area contributed by atoms with Crippen LogP contribution in [0.4, 0.5) is 0 Å². The molecule has 0 aliphatic carbocycles. The van der Waals surface area contributed by atoms with Crippen LogP contribution < -0.4 is 9.47 Å². The van der Waals surface area contributed by atoms with Gasteiger partial charge in [0.15, 0.2) is 0 Å². The highest BCUT2D eigenvalue weighted by Crippen LogP contribution is 2.27. The molecular formula is C28H28O6. The average molecular weight is 461 g/mol. The molecule has 0 bridgehead atoms. The van der Waals surface area contributed by atoms with Crippen molar-refractivity contribution in [1.29, 1.82) is 0 Å². The fourth-order valence-electron chi connectivity index (χ4n) is 3.77. The Hall–Kier alpha value is -4.06. The van der Waals surface area contributed by atoms with E-state index in [2.05, 4.69) is 0 Å². The number of carbonyl (C=O) groups is 2. The Morgan fingerprint density at radius 1 is 0.794 bits per heavy atom. The highest BCUT2D eigenvalue weighted by Gasteiger charge is 2.13. The van der Waals surface area contributed by atoms with Gasteiger partial charge in [-0.1, -0.05) is 42.5 Å². The standard InChI is InChI=1S/2C14H14O3/c1-9-10(8-14(15)16)3-4-11-7-12(17-2)5-6-13(9)11;1-9(14(15)16)10-3-4-12-8-13(17-2)6-5-11(12)7-10/h3-7H,8H2,1-2H3,(H,15,16);3-9H,1-2H3,(H,15,16)/t;9-/m.0/s1. The van der Waals surface area contributed by atoms with E-state index in [1.165, 1.54) is 0 Å². The number of rotatable bonds is 6. The van der Waals surface area contributed by atoms with Crippen LogP contribution in [0.1, 0.15) is 29.5 Å². The quantitative estimate of drug-likeness (QED) is 0.377. The maximum absolute atomic E-state index is 10.9. The number of carboxylic acid groups (broad SMARTS) is 2. The van der Waals surface area contributed by atoms with E-state index in [0.717, 1.165) is 49.7 Å². The minimum atomic E-state index is -0.808. The van der Waals surface area contributed by atoms with Crippen LogP contribution in [0.15, 0.2) is 66.7 Å². The number of benzene rings is 4. The third-order valence-corrected chi connectivity index (χ3v) is 5.89. The first kappa shape index (κ1) is 24.6. The van der Waals surface area contributed by atoms with Crippen LogP contribution >= 0.6 is 0 Å². The molecule has 34 heavy (non-hydrogen) atoms. The minimum Gasteiger partial charge on any atom is -0.497 e. The SMILES string of the molecule is COc1ccc2c(C)c(CC(=O)O)ccc2c1.COc1ccc2cc([C@H](C)C(=O)O)ccc2c1. The van der Waals surface area contributed by atoms with Gasteiger partial charge >= 0.3 is 11.9 Å². The van der Waals surface area contributed by atoms with E-state index in [1.807, 2.05) is 73.7 Å². The molecule has 4 aromatic rings. The summed E-state index contributed by atoms with van der Waals surface area (Å²) in [6, 6.07) is 21.0. The third kappa shape index (κ3) is 5.64. The van der Waals surface area contributed by atoms with Crippen LogP contribution in [0.3, 0.4) is 0 Å². The van der Waals surface area contributed by atoms with Gasteiger partial charge in [0.25, 0.3) is 0 Å². The maximum atomic E-state index is 10.9. The molecule has 0 aromatic heterocycles. The fraction of sp³-hybridized carbons (Fsp3) is 0.214. The van der Waals surface area contributed by atoms with Gasteiger partial charge in [-0.15, -0.1) is 0 Å². The second-order valence-corrected chi connectivity index (χ2v) is 8.04. The molecule has 4 aromatic carbocycles. The smallest absolute Gasteiger partial charge is 0.310 e. The fourth-order valence-corrected chi connectivity index (χ4v) is 3.77. The predicted molar refractivity (Wildman–Crippen MR) is 133 cm³/mol. The summed E-state index contributed by atoms with van der Waals surface area (Å²) in [5, 5.41) is 22.0. The lowest BCUT2D eigenvalue weighted by molar-refractivity contribution is -0.138. The summed E-state index contributed by atoms with van der Waals surface area (Å²) >= 11 is 0. The van der Waals surface area contributed by atoms with E-state index in [0.29, 0.717) is 0 Å². The van der Waals surface area contributed by atoms with Crippen LogP contribution in [-0.2, 0) is 16.0 Å². The maximum Gasteiger partial charge on any atom is 0.310 e. The molecule has 176 valence electrons. The number of hydrogen-bond acceptors (Lipinski definition) is 4. The summed E-state index contributed by atoms with van der Waals surface area (Å²) in [5.74, 6) is -0.486. The number of ether oxygens (including phenoxy) is 2. The van der Waals surface area contributed by atoms with Crippen molar-refractivity contribution in [3.63, 3.8) is 0 Å². The highest BCUT2D eigenvalue weighted by molar-refractivity contribution is 5.89. The molecule has 6 heteroatoms. The molecule has 0 heterocycles. The van der Waals surface area contributed by atoms with Gasteiger partial charge in [0, 0.05) is 0 Å². The van der Waals surface area contributed by atoms with E-state index in [1.54, 1.807) is 21.1 Å².